The number of carbonyl (C=O) groups is 1. The monoisotopic (exact) mass is 268 g/mol. The molecule has 2 aromatic heterocycles. The van der Waals surface area contributed by atoms with Crippen molar-refractivity contribution in [2.24, 2.45) is 0 Å². The van der Waals surface area contributed by atoms with Crippen LogP contribution in [0.3, 0.4) is 0 Å². The molecule has 0 aliphatic heterocycles. The first-order valence-electron chi connectivity index (χ1n) is 5.26. The number of esters is 1. The van der Waals surface area contributed by atoms with Gasteiger partial charge in [0.15, 0.2) is 5.82 Å². The second-order valence-electron chi connectivity index (χ2n) is 3.32. The lowest BCUT2D eigenvalue weighted by atomic mass is 10.4. The van der Waals surface area contributed by atoms with Gasteiger partial charge in [-0.25, -0.2) is 4.79 Å². The number of nitrogens with two attached hydrogens (primary N) is 1. The van der Waals surface area contributed by atoms with E-state index in [0.717, 1.165) is 5.00 Å². The van der Waals surface area contributed by atoms with E-state index in [0.29, 0.717) is 29.5 Å². The molecule has 2 heterocycles. The summed E-state index contributed by atoms with van der Waals surface area (Å²) in [4.78, 5) is 15.8. The fourth-order valence-electron chi connectivity index (χ4n) is 1.28. The van der Waals surface area contributed by atoms with E-state index in [1.165, 1.54) is 17.7 Å². The van der Waals surface area contributed by atoms with Crippen molar-refractivity contribution < 1.29 is 14.1 Å². The highest BCUT2D eigenvalue weighted by molar-refractivity contribution is 7.18. The van der Waals surface area contributed by atoms with Gasteiger partial charge in [-0.3, -0.25) is 0 Å². The first kappa shape index (κ1) is 12.4. The molecule has 96 valence electrons. The molecular weight excluding hydrogens is 256 g/mol. The van der Waals surface area contributed by atoms with Crippen molar-refractivity contribution in [3.8, 4) is 0 Å². The van der Waals surface area contributed by atoms with E-state index in [4.69, 9.17) is 10.5 Å². The molecule has 8 heteroatoms. The van der Waals surface area contributed by atoms with Gasteiger partial charge in [0.2, 0.25) is 6.39 Å². The molecule has 0 atom stereocenters. The molecule has 7 nitrogen and oxygen atoms in total. The van der Waals surface area contributed by atoms with Gasteiger partial charge in [-0.1, -0.05) is 5.16 Å². The fraction of sp³-hybridized carbons (Fsp3) is 0.300. The van der Waals surface area contributed by atoms with E-state index in [1.54, 1.807) is 13.0 Å². The topological polar surface area (TPSA) is 103 Å². The molecule has 0 saturated carbocycles. The maximum Gasteiger partial charge on any atom is 0.350 e. The van der Waals surface area contributed by atoms with Crippen LogP contribution in [-0.4, -0.2) is 22.7 Å². The van der Waals surface area contributed by atoms with Gasteiger partial charge in [-0.15, -0.1) is 11.3 Å². The largest absolute Gasteiger partial charge is 0.462 e. The highest BCUT2D eigenvalue weighted by Crippen LogP contribution is 2.29. The minimum absolute atomic E-state index is 0.321. The van der Waals surface area contributed by atoms with Crippen LogP contribution in [0.2, 0.25) is 0 Å². The summed E-state index contributed by atoms with van der Waals surface area (Å²) < 4.78 is 9.50. The zero-order valence-corrected chi connectivity index (χ0v) is 10.5. The Balaban J connectivity index is 2.02. The first-order chi connectivity index (χ1) is 8.70. The van der Waals surface area contributed by atoms with Gasteiger partial charge in [0, 0.05) is 0 Å². The second kappa shape index (κ2) is 5.50. The van der Waals surface area contributed by atoms with E-state index in [-0.39, 0.29) is 0 Å². The van der Waals surface area contributed by atoms with E-state index in [1.807, 2.05) is 0 Å². The van der Waals surface area contributed by atoms with E-state index >= 15 is 0 Å². The number of hydrogen-bond acceptors (Lipinski definition) is 8. The van der Waals surface area contributed by atoms with Gasteiger partial charge >= 0.3 is 5.97 Å². The molecule has 0 fully saturated rings. The Hall–Kier alpha value is -2.09. The Morgan fingerprint density at radius 3 is 3.17 bits per heavy atom. The maximum atomic E-state index is 11.6. The number of rotatable bonds is 5. The van der Waals surface area contributed by atoms with Crippen LogP contribution in [0, 0.1) is 0 Å². The predicted octanol–water partition coefficient (Wildman–Crippen LogP) is 1.50. The summed E-state index contributed by atoms with van der Waals surface area (Å²) in [5, 5.41) is 7.46. The molecule has 0 spiro atoms. The third kappa shape index (κ3) is 2.77. The molecule has 0 aromatic carbocycles. The molecule has 0 saturated heterocycles. The smallest absolute Gasteiger partial charge is 0.350 e. The summed E-state index contributed by atoms with van der Waals surface area (Å²) in [6, 6.07) is 1.68. The summed E-state index contributed by atoms with van der Waals surface area (Å²) >= 11 is 1.23. The number of nitrogens with zero attached hydrogens (tertiary/aromatic N) is 2. The Labute approximate surface area is 107 Å². The fourth-order valence-corrected chi connectivity index (χ4v) is 2.15. The van der Waals surface area contributed by atoms with Crippen molar-refractivity contribution >= 4 is 28.0 Å². The molecule has 0 aliphatic carbocycles. The van der Waals surface area contributed by atoms with Crippen molar-refractivity contribution in [3.05, 3.63) is 23.2 Å². The average molecular weight is 268 g/mol. The maximum absolute atomic E-state index is 11.6. The van der Waals surface area contributed by atoms with Crippen LogP contribution in [0.4, 0.5) is 10.7 Å². The predicted molar refractivity (Wildman–Crippen MR) is 66.3 cm³/mol. The number of carbonyl (C=O) groups excluding carboxylic acids is 1. The zero-order valence-electron chi connectivity index (χ0n) is 9.67. The van der Waals surface area contributed by atoms with Gasteiger partial charge < -0.3 is 20.3 Å². The van der Waals surface area contributed by atoms with Crippen molar-refractivity contribution in [1.82, 2.24) is 10.1 Å². The van der Waals surface area contributed by atoms with Crippen LogP contribution >= 0.6 is 11.3 Å². The van der Waals surface area contributed by atoms with Crippen LogP contribution in [0.1, 0.15) is 22.4 Å². The number of thiophene rings is 1. The quantitative estimate of drug-likeness (QED) is 0.792. The third-order valence-electron chi connectivity index (χ3n) is 2.05. The second-order valence-corrected chi connectivity index (χ2v) is 4.37. The van der Waals surface area contributed by atoms with Crippen molar-refractivity contribution in [1.29, 1.82) is 0 Å². The Kier molecular flexibility index (Phi) is 3.78. The Bertz CT molecular complexity index is 523. The van der Waals surface area contributed by atoms with Gasteiger partial charge in [0.25, 0.3) is 0 Å². The molecule has 18 heavy (non-hydrogen) atoms. The van der Waals surface area contributed by atoms with Crippen molar-refractivity contribution in [3.63, 3.8) is 0 Å². The van der Waals surface area contributed by atoms with Gasteiger partial charge in [0.1, 0.15) is 4.88 Å². The molecule has 0 unspecified atom stereocenters. The molecule has 0 radical (unpaired) electrons. The number of nitrogens with one attached hydrogen (secondary N) is 1. The molecule has 2 rings (SSSR count). The first-order valence-corrected chi connectivity index (χ1v) is 6.08. The van der Waals surface area contributed by atoms with Crippen LogP contribution in [-0.2, 0) is 11.3 Å². The summed E-state index contributed by atoms with van der Waals surface area (Å²) in [5.41, 5.74) is 6.14. The average Bonchev–Trinajstić information content (AvgIpc) is 2.96. The standard InChI is InChI=1S/C10H12N4O3S/c1-2-16-10(15)9-6(11)3-8(18-9)12-4-7-13-5-17-14-7/h3,5,12H,2,4,11H2,1H3. The van der Waals surface area contributed by atoms with Gasteiger partial charge in [-0.2, -0.15) is 4.98 Å². The van der Waals surface area contributed by atoms with Crippen LogP contribution < -0.4 is 11.1 Å². The van der Waals surface area contributed by atoms with Crippen LogP contribution in [0.25, 0.3) is 0 Å². The molecule has 0 aliphatic rings. The van der Waals surface area contributed by atoms with Gasteiger partial charge in [-0.05, 0) is 13.0 Å². The molecule has 3 N–H and O–H groups in total. The summed E-state index contributed by atoms with van der Waals surface area (Å²) in [6.07, 6.45) is 1.25. The highest BCUT2D eigenvalue weighted by atomic mass is 32.1. The molecule has 2 aromatic rings. The molecular formula is C10H12N4O3S. The number of hydrogen-bond donors (Lipinski definition) is 2. The lowest BCUT2D eigenvalue weighted by Gasteiger charge is -1.99. The SMILES string of the molecule is CCOC(=O)c1sc(NCc2ncon2)cc1N. The van der Waals surface area contributed by atoms with E-state index in [2.05, 4.69) is 20.0 Å². The normalized spacial score (nSPS) is 10.3. The van der Waals surface area contributed by atoms with Gasteiger partial charge in [0.05, 0.1) is 23.8 Å². The van der Waals surface area contributed by atoms with E-state index < -0.39 is 5.97 Å². The number of ether oxygens (including phenoxy) is 1. The molecule has 0 amide bonds. The van der Waals surface area contributed by atoms with E-state index in [9.17, 15) is 4.79 Å². The van der Waals surface area contributed by atoms with Crippen LogP contribution in [0.5, 0.6) is 0 Å². The highest BCUT2D eigenvalue weighted by Gasteiger charge is 2.15. The minimum Gasteiger partial charge on any atom is -0.462 e. The minimum atomic E-state index is -0.410. The summed E-state index contributed by atoms with van der Waals surface area (Å²) in [6.45, 7) is 2.47. The Morgan fingerprint density at radius 2 is 2.50 bits per heavy atom. The summed E-state index contributed by atoms with van der Waals surface area (Å²) in [5.74, 6) is 0.118. The van der Waals surface area contributed by atoms with Crippen molar-refractivity contribution in [2.75, 3.05) is 17.7 Å². The summed E-state index contributed by atoms with van der Waals surface area (Å²) in [7, 11) is 0. The van der Waals surface area contributed by atoms with Crippen LogP contribution in [0.15, 0.2) is 17.0 Å². The Morgan fingerprint density at radius 1 is 1.67 bits per heavy atom. The lowest BCUT2D eigenvalue weighted by Crippen LogP contribution is -2.04. The van der Waals surface area contributed by atoms with Crippen molar-refractivity contribution in [2.45, 2.75) is 13.5 Å². The zero-order chi connectivity index (χ0) is 13.0. The lowest BCUT2D eigenvalue weighted by molar-refractivity contribution is 0.0533. The number of nitrogen functional groups attached to an aromatic ring is 1. The number of aromatic nitrogens is 2. The third-order valence-corrected chi connectivity index (χ3v) is 3.14. The number of anilines is 2. The molecule has 0 bridgehead atoms.